The molecule has 0 aromatic rings. The van der Waals surface area contributed by atoms with Gasteiger partial charge in [-0.2, -0.15) is 0 Å². The molecule has 3 fully saturated rings. The summed E-state index contributed by atoms with van der Waals surface area (Å²) in [7, 11) is 0. The van der Waals surface area contributed by atoms with Gasteiger partial charge in [-0.05, 0) is 87.9 Å². The number of allylic oxidation sites excluding steroid dienone is 2. The van der Waals surface area contributed by atoms with Crippen LogP contribution < -0.4 is 0 Å². The molecule has 0 heterocycles. The van der Waals surface area contributed by atoms with E-state index in [-0.39, 0.29) is 18.0 Å². The molecule has 3 aliphatic carbocycles. The molecule has 0 N–H and O–H groups in total. The third kappa shape index (κ3) is 8.58. The third-order valence-electron chi connectivity index (χ3n) is 8.69. The Hall–Kier alpha value is -0.790. The number of ether oxygens (including phenoxy) is 1. The average Bonchev–Trinajstić information content (AvgIpc) is 2.80. The van der Waals surface area contributed by atoms with Crippen molar-refractivity contribution in [3.63, 3.8) is 0 Å². The van der Waals surface area contributed by atoms with Crippen LogP contribution in [0.5, 0.6) is 0 Å². The van der Waals surface area contributed by atoms with Crippen molar-refractivity contribution in [1.29, 1.82) is 0 Å². The molecule has 0 aliphatic heterocycles. The lowest BCUT2D eigenvalue weighted by atomic mass is 9.78. The fourth-order valence-corrected chi connectivity index (χ4v) is 6.59. The summed E-state index contributed by atoms with van der Waals surface area (Å²) in [5.41, 5.74) is 0. The highest BCUT2D eigenvalue weighted by molar-refractivity contribution is 5.72. The predicted molar refractivity (Wildman–Crippen MR) is 131 cm³/mol. The van der Waals surface area contributed by atoms with Crippen LogP contribution in [0.15, 0.2) is 12.2 Å². The second-order valence-corrected chi connectivity index (χ2v) is 11.2. The molecule has 2 nitrogen and oxygen atoms in total. The van der Waals surface area contributed by atoms with E-state index >= 15 is 0 Å². The number of rotatable bonds is 10. The van der Waals surface area contributed by atoms with Crippen LogP contribution in [-0.2, 0) is 9.53 Å². The molecule has 0 atom stereocenters. The summed E-state index contributed by atoms with van der Waals surface area (Å²) in [5, 5.41) is 0. The zero-order valence-electron chi connectivity index (χ0n) is 20.7. The molecule has 0 radical (unpaired) electrons. The molecule has 0 aromatic carbocycles. The fraction of sp³-hybridized carbons (Fsp3) is 0.897. The number of esters is 1. The second kappa shape index (κ2) is 13.7. The third-order valence-corrected chi connectivity index (χ3v) is 8.69. The van der Waals surface area contributed by atoms with Crippen LogP contribution in [0.25, 0.3) is 0 Å². The lowest BCUT2D eigenvalue weighted by Gasteiger charge is -2.31. The van der Waals surface area contributed by atoms with Gasteiger partial charge in [-0.25, -0.2) is 0 Å². The van der Waals surface area contributed by atoms with Gasteiger partial charge in [-0.15, -0.1) is 0 Å². The van der Waals surface area contributed by atoms with Crippen molar-refractivity contribution in [2.45, 2.75) is 136 Å². The Morgan fingerprint density at radius 2 is 1.23 bits per heavy atom. The van der Waals surface area contributed by atoms with Gasteiger partial charge in [-0.1, -0.05) is 77.4 Å². The first-order chi connectivity index (χ1) is 15.2. The quantitative estimate of drug-likeness (QED) is 0.256. The van der Waals surface area contributed by atoms with Crippen molar-refractivity contribution < 1.29 is 9.53 Å². The molecular formula is C29H50O2. The van der Waals surface area contributed by atoms with Crippen molar-refractivity contribution >= 4 is 5.97 Å². The zero-order valence-corrected chi connectivity index (χ0v) is 20.7. The van der Waals surface area contributed by atoms with Crippen molar-refractivity contribution in [3.8, 4) is 0 Å². The number of carbonyl (C=O) groups excluding carboxylic acids is 1. The van der Waals surface area contributed by atoms with E-state index < -0.39 is 0 Å². The van der Waals surface area contributed by atoms with Crippen molar-refractivity contribution in [2.75, 3.05) is 0 Å². The topological polar surface area (TPSA) is 26.3 Å². The minimum Gasteiger partial charge on any atom is -0.462 e. The monoisotopic (exact) mass is 430 g/mol. The molecule has 0 aromatic heterocycles. The predicted octanol–water partition coefficient (Wildman–Crippen LogP) is 8.64. The summed E-state index contributed by atoms with van der Waals surface area (Å²) in [5.74, 6) is 3.83. The first-order valence-electron chi connectivity index (χ1n) is 14.0. The Bertz CT molecular complexity index is 515. The smallest absolute Gasteiger partial charge is 0.309 e. The van der Waals surface area contributed by atoms with Gasteiger partial charge in [0.05, 0.1) is 5.92 Å². The van der Waals surface area contributed by atoms with Crippen molar-refractivity contribution in [3.05, 3.63) is 12.2 Å². The SMILES string of the molecule is CCCC1CCC(CCC=CC2CCC(C(=O)OC3CCC(CCC)CC3)CC2)CC1. The van der Waals surface area contributed by atoms with Gasteiger partial charge < -0.3 is 4.74 Å². The highest BCUT2D eigenvalue weighted by Crippen LogP contribution is 2.35. The standard InChI is InChI=1S/C29H50O2/c1-3-7-23-11-13-25(14-12-23)9-5-6-10-26-15-19-27(20-16-26)29(30)31-28-21-17-24(8-4-2)18-22-28/h6,10,23-28H,3-5,7-9,11-22H2,1-2H3. The van der Waals surface area contributed by atoms with Crippen LogP contribution in [0.1, 0.15) is 129 Å². The Labute approximate surface area is 193 Å². The number of hydrogen-bond donors (Lipinski definition) is 0. The molecule has 0 saturated heterocycles. The van der Waals surface area contributed by atoms with E-state index in [0.717, 1.165) is 43.4 Å². The van der Waals surface area contributed by atoms with Crippen LogP contribution in [0.4, 0.5) is 0 Å². The van der Waals surface area contributed by atoms with Gasteiger partial charge in [-0.3, -0.25) is 4.79 Å². The molecular weight excluding hydrogens is 380 g/mol. The van der Waals surface area contributed by atoms with Gasteiger partial charge >= 0.3 is 5.97 Å². The largest absolute Gasteiger partial charge is 0.462 e. The van der Waals surface area contributed by atoms with Crippen LogP contribution >= 0.6 is 0 Å². The molecule has 178 valence electrons. The maximum absolute atomic E-state index is 12.6. The van der Waals surface area contributed by atoms with E-state index in [0.29, 0.717) is 5.92 Å². The number of hydrogen-bond acceptors (Lipinski definition) is 2. The Balaban J connectivity index is 1.25. The molecule has 2 heteroatoms. The highest BCUT2D eigenvalue weighted by Gasteiger charge is 2.30. The second-order valence-electron chi connectivity index (χ2n) is 11.2. The molecule has 3 rings (SSSR count). The Morgan fingerprint density at radius 1 is 0.710 bits per heavy atom. The van der Waals surface area contributed by atoms with Crippen LogP contribution in [0.3, 0.4) is 0 Å². The van der Waals surface area contributed by atoms with Crippen molar-refractivity contribution in [1.82, 2.24) is 0 Å². The van der Waals surface area contributed by atoms with E-state index in [9.17, 15) is 4.79 Å². The summed E-state index contributed by atoms with van der Waals surface area (Å²) in [6.45, 7) is 4.60. The molecule has 0 bridgehead atoms. The summed E-state index contributed by atoms with van der Waals surface area (Å²) >= 11 is 0. The molecule has 0 amide bonds. The summed E-state index contributed by atoms with van der Waals surface area (Å²) in [6.07, 6.45) is 28.2. The van der Waals surface area contributed by atoms with E-state index in [1.54, 1.807) is 0 Å². The average molecular weight is 431 g/mol. The van der Waals surface area contributed by atoms with E-state index in [1.165, 1.54) is 89.9 Å². The summed E-state index contributed by atoms with van der Waals surface area (Å²) in [4.78, 5) is 12.6. The zero-order chi connectivity index (χ0) is 21.9. The van der Waals surface area contributed by atoms with Crippen molar-refractivity contribution in [2.24, 2.45) is 29.6 Å². The Morgan fingerprint density at radius 3 is 1.77 bits per heavy atom. The fourth-order valence-electron chi connectivity index (χ4n) is 6.59. The number of carbonyl (C=O) groups is 1. The summed E-state index contributed by atoms with van der Waals surface area (Å²) in [6, 6.07) is 0. The molecule has 31 heavy (non-hydrogen) atoms. The van der Waals surface area contributed by atoms with E-state index in [2.05, 4.69) is 26.0 Å². The lowest BCUT2D eigenvalue weighted by molar-refractivity contribution is -0.157. The lowest BCUT2D eigenvalue weighted by Crippen LogP contribution is -2.30. The maximum Gasteiger partial charge on any atom is 0.309 e. The molecule has 3 saturated carbocycles. The molecule has 3 aliphatic rings. The molecule has 0 unspecified atom stereocenters. The Kier molecular flexibility index (Phi) is 11.0. The van der Waals surface area contributed by atoms with Gasteiger partial charge in [0.1, 0.15) is 6.10 Å². The van der Waals surface area contributed by atoms with Crippen LogP contribution in [0.2, 0.25) is 0 Å². The summed E-state index contributed by atoms with van der Waals surface area (Å²) < 4.78 is 5.92. The minimum atomic E-state index is 0.111. The normalized spacial score (nSPS) is 34.6. The van der Waals surface area contributed by atoms with E-state index in [1.807, 2.05) is 0 Å². The maximum atomic E-state index is 12.6. The highest BCUT2D eigenvalue weighted by atomic mass is 16.5. The van der Waals surface area contributed by atoms with E-state index in [4.69, 9.17) is 4.74 Å². The molecule has 0 spiro atoms. The first kappa shape index (κ1) is 24.8. The minimum absolute atomic E-state index is 0.111. The van der Waals surface area contributed by atoms with Gasteiger partial charge in [0.2, 0.25) is 0 Å². The van der Waals surface area contributed by atoms with Crippen LogP contribution in [-0.4, -0.2) is 12.1 Å². The van der Waals surface area contributed by atoms with Gasteiger partial charge in [0.25, 0.3) is 0 Å². The first-order valence-corrected chi connectivity index (χ1v) is 14.0. The van der Waals surface area contributed by atoms with Gasteiger partial charge in [0.15, 0.2) is 0 Å². The van der Waals surface area contributed by atoms with Crippen LogP contribution in [0, 0.1) is 29.6 Å². The van der Waals surface area contributed by atoms with Gasteiger partial charge in [0, 0.05) is 0 Å².